The summed E-state index contributed by atoms with van der Waals surface area (Å²) in [5, 5.41) is 0. The third kappa shape index (κ3) is 4.09. The van der Waals surface area contributed by atoms with E-state index in [4.69, 9.17) is 0 Å². The summed E-state index contributed by atoms with van der Waals surface area (Å²) in [4.78, 5) is 0. The van der Waals surface area contributed by atoms with Crippen molar-refractivity contribution in [2.45, 2.75) is 13.8 Å². The third-order valence-corrected chi connectivity index (χ3v) is 1.33. The molecule has 1 aromatic rings. The zero-order valence-corrected chi connectivity index (χ0v) is 8.02. The van der Waals surface area contributed by atoms with E-state index in [1.54, 1.807) is 27.2 Å². The summed E-state index contributed by atoms with van der Waals surface area (Å²) in [6.07, 6.45) is 0. The Bertz CT molecular complexity index is 233. The molecule has 12 heavy (non-hydrogen) atoms. The van der Waals surface area contributed by atoms with E-state index in [2.05, 4.69) is 4.74 Å². The summed E-state index contributed by atoms with van der Waals surface area (Å²) in [6, 6.07) is 5.22. The minimum Gasteiger partial charge on any atom is -0.388 e. The van der Waals surface area contributed by atoms with Gasteiger partial charge in [0.2, 0.25) is 0 Å². The number of methoxy groups -OCH3 is 1. The molecule has 0 radical (unpaired) electrons. The highest BCUT2D eigenvalue weighted by Crippen LogP contribution is 2.06. The van der Waals surface area contributed by atoms with Gasteiger partial charge in [-0.3, -0.25) is 0 Å². The Kier molecular flexibility index (Phi) is 5.30. The molecule has 0 aliphatic heterocycles. The standard InChI is InChI=1S/C8H9F.C2H6O/c1-6-3-4-7(2)8(9)5-6;1-3-2/h3-5H,1-2H3;1-2H3. The molecular formula is C10H15FO. The van der Waals surface area contributed by atoms with Crippen LogP contribution in [0.1, 0.15) is 11.1 Å². The van der Waals surface area contributed by atoms with Gasteiger partial charge in [-0.2, -0.15) is 0 Å². The SMILES string of the molecule is COC.Cc1ccc(C)c(F)c1. The fourth-order valence-corrected chi connectivity index (χ4v) is 0.698. The number of hydrogen-bond donors (Lipinski definition) is 0. The molecule has 0 saturated carbocycles. The van der Waals surface area contributed by atoms with Crippen LogP contribution in [0.2, 0.25) is 0 Å². The van der Waals surface area contributed by atoms with Crippen molar-refractivity contribution in [2.24, 2.45) is 0 Å². The van der Waals surface area contributed by atoms with Crippen LogP contribution in [0, 0.1) is 19.7 Å². The van der Waals surface area contributed by atoms with Gasteiger partial charge in [-0.15, -0.1) is 0 Å². The van der Waals surface area contributed by atoms with Crippen molar-refractivity contribution in [1.29, 1.82) is 0 Å². The van der Waals surface area contributed by atoms with Gasteiger partial charge in [-0.25, -0.2) is 4.39 Å². The number of aryl methyl sites for hydroxylation is 2. The first-order valence-corrected chi connectivity index (χ1v) is 3.74. The molecule has 68 valence electrons. The van der Waals surface area contributed by atoms with Gasteiger partial charge in [0.25, 0.3) is 0 Å². The Morgan fingerprint density at radius 3 is 2.00 bits per heavy atom. The van der Waals surface area contributed by atoms with E-state index in [1.165, 1.54) is 6.07 Å². The van der Waals surface area contributed by atoms with Crippen molar-refractivity contribution in [2.75, 3.05) is 14.2 Å². The Balaban J connectivity index is 0.000000354. The molecule has 0 saturated heterocycles. The van der Waals surface area contributed by atoms with E-state index in [1.807, 2.05) is 13.0 Å². The molecule has 2 heteroatoms. The van der Waals surface area contributed by atoms with Crippen LogP contribution in [0.25, 0.3) is 0 Å². The second kappa shape index (κ2) is 5.72. The smallest absolute Gasteiger partial charge is 0.126 e. The lowest BCUT2D eigenvalue weighted by atomic mass is 10.2. The molecule has 0 aliphatic rings. The maximum Gasteiger partial charge on any atom is 0.126 e. The van der Waals surface area contributed by atoms with Crippen LogP contribution in [-0.2, 0) is 4.74 Å². The van der Waals surface area contributed by atoms with Crippen molar-refractivity contribution in [3.63, 3.8) is 0 Å². The van der Waals surface area contributed by atoms with Crippen LogP contribution < -0.4 is 0 Å². The molecule has 0 unspecified atom stereocenters. The second-order valence-corrected chi connectivity index (χ2v) is 2.66. The molecule has 1 nitrogen and oxygen atoms in total. The molecule has 0 fully saturated rings. The summed E-state index contributed by atoms with van der Waals surface area (Å²) in [6.45, 7) is 3.64. The summed E-state index contributed by atoms with van der Waals surface area (Å²) in [7, 11) is 3.25. The lowest BCUT2D eigenvalue weighted by Gasteiger charge is -1.94. The van der Waals surface area contributed by atoms with Crippen molar-refractivity contribution in [3.8, 4) is 0 Å². The Hall–Kier alpha value is -0.890. The van der Waals surface area contributed by atoms with Crippen LogP contribution in [0.4, 0.5) is 4.39 Å². The minimum atomic E-state index is -0.116. The molecule has 0 aromatic heterocycles. The summed E-state index contributed by atoms with van der Waals surface area (Å²) in [5.74, 6) is -0.116. The zero-order valence-electron chi connectivity index (χ0n) is 8.02. The van der Waals surface area contributed by atoms with E-state index < -0.39 is 0 Å². The first kappa shape index (κ1) is 11.1. The second-order valence-electron chi connectivity index (χ2n) is 2.66. The predicted molar refractivity (Wildman–Crippen MR) is 48.8 cm³/mol. The highest BCUT2D eigenvalue weighted by molar-refractivity contribution is 5.21. The number of rotatable bonds is 0. The van der Waals surface area contributed by atoms with Gasteiger partial charge >= 0.3 is 0 Å². The topological polar surface area (TPSA) is 9.23 Å². The fraction of sp³-hybridized carbons (Fsp3) is 0.400. The normalized spacial score (nSPS) is 8.75. The summed E-state index contributed by atoms with van der Waals surface area (Å²) < 4.78 is 16.8. The van der Waals surface area contributed by atoms with E-state index in [-0.39, 0.29) is 5.82 Å². The average molecular weight is 170 g/mol. The maximum absolute atomic E-state index is 12.6. The van der Waals surface area contributed by atoms with E-state index in [0.29, 0.717) is 5.56 Å². The largest absolute Gasteiger partial charge is 0.388 e. The summed E-state index contributed by atoms with van der Waals surface area (Å²) >= 11 is 0. The van der Waals surface area contributed by atoms with Crippen LogP contribution in [0.5, 0.6) is 0 Å². The zero-order chi connectivity index (χ0) is 9.56. The Morgan fingerprint density at radius 2 is 1.67 bits per heavy atom. The van der Waals surface area contributed by atoms with E-state index in [0.717, 1.165) is 5.56 Å². The van der Waals surface area contributed by atoms with Crippen LogP contribution >= 0.6 is 0 Å². The molecule has 0 atom stereocenters. The summed E-state index contributed by atoms with van der Waals surface area (Å²) in [5.41, 5.74) is 1.68. The number of benzene rings is 1. The van der Waals surface area contributed by atoms with Gasteiger partial charge in [0.1, 0.15) is 5.82 Å². The molecule has 1 rings (SSSR count). The number of halogens is 1. The molecule has 0 spiro atoms. The monoisotopic (exact) mass is 170 g/mol. The minimum absolute atomic E-state index is 0.116. The van der Waals surface area contributed by atoms with Crippen LogP contribution in [0.15, 0.2) is 18.2 Å². The van der Waals surface area contributed by atoms with Gasteiger partial charge in [0.05, 0.1) is 0 Å². The molecular weight excluding hydrogens is 155 g/mol. The van der Waals surface area contributed by atoms with Gasteiger partial charge in [-0.1, -0.05) is 12.1 Å². The quantitative estimate of drug-likeness (QED) is 0.581. The molecule has 0 bridgehead atoms. The number of ether oxygens (including phenoxy) is 1. The first-order valence-electron chi connectivity index (χ1n) is 3.74. The Labute approximate surface area is 73.2 Å². The van der Waals surface area contributed by atoms with Crippen molar-refractivity contribution < 1.29 is 9.13 Å². The lowest BCUT2D eigenvalue weighted by molar-refractivity contribution is 0.277. The highest BCUT2D eigenvalue weighted by Gasteiger charge is 1.93. The molecule has 0 heterocycles. The Morgan fingerprint density at radius 1 is 1.17 bits per heavy atom. The van der Waals surface area contributed by atoms with Gasteiger partial charge in [0.15, 0.2) is 0 Å². The molecule has 0 aliphatic carbocycles. The van der Waals surface area contributed by atoms with E-state index >= 15 is 0 Å². The van der Waals surface area contributed by atoms with Gasteiger partial charge in [0, 0.05) is 14.2 Å². The van der Waals surface area contributed by atoms with Gasteiger partial charge in [-0.05, 0) is 31.0 Å². The van der Waals surface area contributed by atoms with Gasteiger partial charge < -0.3 is 4.74 Å². The maximum atomic E-state index is 12.6. The highest BCUT2D eigenvalue weighted by atomic mass is 19.1. The fourth-order valence-electron chi connectivity index (χ4n) is 0.698. The van der Waals surface area contributed by atoms with E-state index in [9.17, 15) is 4.39 Å². The first-order chi connectivity index (χ1) is 5.61. The van der Waals surface area contributed by atoms with Crippen LogP contribution in [-0.4, -0.2) is 14.2 Å². The third-order valence-electron chi connectivity index (χ3n) is 1.33. The lowest BCUT2D eigenvalue weighted by Crippen LogP contribution is -1.81. The van der Waals surface area contributed by atoms with Crippen molar-refractivity contribution >= 4 is 0 Å². The molecule has 1 aromatic carbocycles. The molecule has 0 N–H and O–H groups in total. The molecule has 0 amide bonds. The van der Waals surface area contributed by atoms with Crippen LogP contribution in [0.3, 0.4) is 0 Å². The number of hydrogen-bond acceptors (Lipinski definition) is 1. The predicted octanol–water partition coefficient (Wildman–Crippen LogP) is 2.71. The van der Waals surface area contributed by atoms with Crippen molar-refractivity contribution in [3.05, 3.63) is 35.1 Å². The van der Waals surface area contributed by atoms with Crippen molar-refractivity contribution in [1.82, 2.24) is 0 Å². The average Bonchev–Trinajstić information content (AvgIpc) is 1.99.